The Hall–Kier alpha value is -2.93. The minimum atomic E-state index is -0.662. The van der Waals surface area contributed by atoms with Crippen molar-refractivity contribution in [3.05, 3.63) is 48.0 Å². The number of nitrogens with one attached hydrogen (secondary N) is 2. The summed E-state index contributed by atoms with van der Waals surface area (Å²) in [5.41, 5.74) is 0.438. The first-order valence-corrected chi connectivity index (χ1v) is 14.5. The van der Waals surface area contributed by atoms with Gasteiger partial charge in [0.2, 0.25) is 17.7 Å². The first-order valence-electron chi connectivity index (χ1n) is 14.5. The number of likely N-dealkylation sites (N-methyl/N-ethyl adjacent to an activating group) is 1. The Labute approximate surface area is 234 Å². The second kappa shape index (κ2) is 13.9. The SMILES string of the molecule is CC(C)CNCCCCNC(=O)C(Cc1ccc2ccccc2c1)N(C)C(=O)C1CCCN1C(=O)C(C)(C)C. The van der Waals surface area contributed by atoms with E-state index < -0.39 is 17.5 Å². The molecule has 1 aliphatic rings. The molecule has 0 bridgehead atoms. The molecule has 0 saturated carbocycles. The summed E-state index contributed by atoms with van der Waals surface area (Å²) < 4.78 is 0. The van der Waals surface area contributed by atoms with E-state index in [9.17, 15) is 14.4 Å². The molecule has 7 nitrogen and oxygen atoms in total. The number of carbonyl (C=O) groups is 3. The first kappa shape index (κ1) is 30.6. The molecule has 7 heteroatoms. The van der Waals surface area contributed by atoms with Crippen LogP contribution in [-0.4, -0.2) is 72.8 Å². The number of nitrogens with zero attached hydrogens (tertiary/aromatic N) is 2. The summed E-state index contributed by atoms with van der Waals surface area (Å²) in [4.78, 5) is 43.7. The van der Waals surface area contributed by atoms with Crippen LogP contribution in [0.1, 0.15) is 65.9 Å². The van der Waals surface area contributed by atoms with Gasteiger partial charge in [-0.3, -0.25) is 14.4 Å². The third-order valence-corrected chi connectivity index (χ3v) is 7.43. The van der Waals surface area contributed by atoms with Crippen LogP contribution in [0.15, 0.2) is 42.5 Å². The summed E-state index contributed by atoms with van der Waals surface area (Å²) >= 11 is 0. The van der Waals surface area contributed by atoms with Gasteiger partial charge >= 0.3 is 0 Å². The van der Waals surface area contributed by atoms with Crippen LogP contribution in [0, 0.1) is 11.3 Å². The average molecular weight is 537 g/mol. The number of hydrogen-bond acceptors (Lipinski definition) is 4. The normalized spacial score (nSPS) is 16.5. The number of unbranched alkanes of at least 4 members (excludes halogenated alkanes) is 1. The third kappa shape index (κ3) is 8.53. The topological polar surface area (TPSA) is 81.8 Å². The van der Waals surface area contributed by atoms with Crippen molar-refractivity contribution in [1.29, 1.82) is 0 Å². The molecule has 2 aromatic carbocycles. The van der Waals surface area contributed by atoms with E-state index in [1.807, 2.05) is 39.0 Å². The fraction of sp³-hybridized carbons (Fsp3) is 0.594. The molecule has 0 spiro atoms. The Morgan fingerprint density at radius 1 is 1.03 bits per heavy atom. The van der Waals surface area contributed by atoms with Crippen LogP contribution in [0.3, 0.4) is 0 Å². The smallest absolute Gasteiger partial charge is 0.245 e. The van der Waals surface area contributed by atoms with Crippen molar-refractivity contribution in [3.63, 3.8) is 0 Å². The Balaban J connectivity index is 1.73. The Bertz CT molecular complexity index is 1120. The highest BCUT2D eigenvalue weighted by Gasteiger charge is 2.41. The van der Waals surface area contributed by atoms with Gasteiger partial charge in [0, 0.05) is 32.0 Å². The van der Waals surface area contributed by atoms with Crippen molar-refractivity contribution in [2.45, 2.75) is 78.8 Å². The van der Waals surface area contributed by atoms with Crippen LogP contribution in [0.25, 0.3) is 10.8 Å². The molecule has 2 unspecified atom stereocenters. The maximum atomic E-state index is 13.8. The highest BCUT2D eigenvalue weighted by Crippen LogP contribution is 2.27. The lowest BCUT2D eigenvalue weighted by Gasteiger charge is -2.35. The van der Waals surface area contributed by atoms with Crippen LogP contribution in [-0.2, 0) is 20.8 Å². The highest BCUT2D eigenvalue weighted by atomic mass is 16.2. The van der Waals surface area contributed by atoms with E-state index in [2.05, 4.69) is 48.7 Å². The van der Waals surface area contributed by atoms with Crippen molar-refractivity contribution in [1.82, 2.24) is 20.4 Å². The van der Waals surface area contributed by atoms with E-state index in [4.69, 9.17) is 0 Å². The van der Waals surface area contributed by atoms with E-state index in [0.29, 0.717) is 31.8 Å². The van der Waals surface area contributed by atoms with Crippen LogP contribution in [0.5, 0.6) is 0 Å². The largest absolute Gasteiger partial charge is 0.354 e. The predicted molar refractivity (Wildman–Crippen MR) is 158 cm³/mol. The van der Waals surface area contributed by atoms with Crippen molar-refractivity contribution in [2.24, 2.45) is 11.3 Å². The summed E-state index contributed by atoms with van der Waals surface area (Å²) in [6.45, 7) is 13.1. The number of rotatable bonds is 12. The van der Waals surface area contributed by atoms with Gasteiger partial charge in [-0.15, -0.1) is 0 Å². The molecule has 214 valence electrons. The van der Waals surface area contributed by atoms with Gasteiger partial charge in [0.25, 0.3) is 0 Å². The van der Waals surface area contributed by atoms with Gasteiger partial charge in [-0.25, -0.2) is 0 Å². The van der Waals surface area contributed by atoms with Crippen molar-refractivity contribution < 1.29 is 14.4 Å². The number of benzene rings is 2. The van der Waals surface area contributed by atoms with Gasteiger partial charge in [-0.2, -0.15) is 0 Å². The lowest BCUT2D eigenvalue weighted by atomic mass is 9.94. The molecule has 1 aliphatic heterocycles. The number of amides is 3. The molecule has 1 heterocycles. The van der Waals surface area contributed by atoms with E-state index in [1.165, 1.54) is 0 Å². The number of likely N-dealkylation sites (tertiary alicyclic amines) is 1. The van der Waals surface area contributed by atoms with Gasteiger partial charge in [0.05, 0.1) is 0 Å². The minimum absolute atomic E-state index is 0.0200. The minimum Gasteiger partial charge on any atom is -0.354 e. The Kier molecular flexibility index (Phi) is 10.9. The van der Waals surface area contributed by atoms with Crippen LogP contribution < -0.4 is 10.6 Å². The molecule has 3 rings (SSSR count). The molecule has 2 N–H and O–H groups in total. The van der Waals surface area contributed by atoms with E-state index >= 15 is 0 Å². The summed E-state index contributed by atoms with van der Waals surface area (Å²) in [6.07, 6.45) is 3.67. The van der Waals surface area contributed by atoms with Gasteiger partial charge in [-0.1, -0.05) is 77.1 Å². The average Bonchev–Trinajstić information content (AvgIpc) is 3.38. The maximum Gasteiger partial charge on any atom is 0.245 e. The maximum absolute atomic E-state index is 13.8. The van der Waals surface area contributed by atoms with Gasteiger partial charge in [0.1, 0.15) is 12.1 Å². The second-order valence-corrected chi connectivity index (χ2v) is 12.4. The molecule has 1 fully saturated rings. The third-order valence-electron chi connectivity index (χ3n) is 7.43. The van der Waals surface area contributed by atoms with Gasteiger partial charge in [-0.05, 0) is 61.0 Å². The second-order valence-electron chi connectivity index (χ2n) is 12.4. The summed E-state index contributed by atoms with van der Waals surface area (Å²) in [5, 5.41) is 8.76. The van der Waals surface area contributed by atoms with Crippen molar-refractivity contribution in [3.8, 4) is 0 Å². The monoisotopic (exact) mass is 536 g/mol. The van der Waals surface area contributed by atoms with Crippen LogP contribution in [0.2, 0.25) is 0 Å². The zero-order valence-electron chi connectivity index (χ0n) is 24.8. The Morgan fingerprint density at radius 3 is 2.41 bits per heavy atom. The number of carbonyl (C=O) groups excluding carboxylic acids is 3. The van der Waals surface area contributed by atoms with Crippen LogP contribution in [0.4, 0.5) is 0 Å². The molecule has 2 atom stereocenters. The van der Waals surface area contributed by atoms with Gasteiger partial charge < -0.3 is 20.4 Å². The molecule has 39 heavy (non-hydrogen) atoms. The molecular formula is C32H48N4O3. The molecule has 3 amide bonds. The zero-order chi connectivity index (χ0) is 28.6. The van der Waals surface area contributed by atoms with Gasteiger partial charge in [0.15, 0.2) is 0 Å². The quantitative estimate of drug-likeness (QED) is 0.394. The predicted octanol–water partition coefficient (Wildman–Crippen LogP) is 4.39. The fourth-order valence-corrected chi connectivity index (χ4v) is 5.18. The van der Waals surface area contributed by atoms with Crippen molar-refractivity contribution >= 4 is 28.5 Å². The molecule has 1 saturated heterocycles. The molecule has 0 aliphatic carbocycles. The summed E-state index contributed by atoms with van der Waals surface area (Å²) in [7, 11) is 1.71. The first-order chi connectivity index (χ1) is 18.5. The fourth-order valence-electron chi connectivity index (χ4n) is 5.18. The zero-order valence-corrected chi connectivity index (χ0v) is 24.8. The molecular weight excluding hydrogens is 488 g/mol. The Morgan fingerprint density at radius 2 is 1.72 bits per heavy atom. The number of hydrogen-bond donors (Lipinski definition) is 2. The van der Waals surface area contributed by atoms with E-state index in [-0.39, 0.29) is 17.7 Å². The lowest BCUT2D eigenvalue weighted by Crippen LogP contribution is -2.55. The molecule has 0 aromatic heterocycles. The van der Waals surface area contributed by atoms with Crippen molar-refractivity contribution in [2.75, 3.05) is 33.2 Å². The summed E-state index contributed by atoms with van der Waals surface area (Å²) in [6, 6.07) is 13.1. The summed E-state index contributed by atoms with van der Waals surface area (Å²) in [5.74, 6) is 0.279. The molecule has 2 aromatic rings. The number of fused-ring (bicyclic) bond motifs is 1. The van der Waals surface area contributed by atoms with Crippen LogP contribution >= 0.6 is 0 Å². The van der Waals surface area contributed by atoms with E-state index in [0.717, 1.165) is 48.7 Å². The molecule has 0 radical (unpaired) electrons. The van der Waals surface area contributed by atoms with E-state index in [1.54, 1.807) is 16.8 Å². The standard InChI is InChI=1S/C32H48N4O3/c1-23(2)22-33-17-9-10-18-34-29(37)28(21-24-15-16-25-12-7-8-13-26(25)20-24)35(6)30(38)27-14-11-19-36(27)31(39)32(3,4)5/h7-8,12-13,15-16,20,23,27-28,33H,9-11,14,17-19,21-22H2,1-6H3,(H,34,37). The lowest BCUT2D eigenvalue weighted by molar-refractivity contribution is -0.150. The highest BCUT2D eigenvalue weighted by molar-refractivity contribution is 5.93.